The number of hydrogen-bond donors (Lipinski definition) is 1. The van der Waals surface area contributed by atoms with E-state index in [9.17, 15) is 8.42 Å². The summed E-state index contributed by atoms with van der Waals surface area (Å²) in [6, 6.07) is 7.05. The third kappa shape index (κ3) is 3.65. The minimum Gasteiger partial charge on any atom is -0.324 e. The lowest BCUT2D eigenvalue weighted by Gasteiger charge is -2.28. The van der Waals surface area contributed by atoms with Gasteiger partial charge in [-0.2, -0.15) is 4.31 Å². The Morgan fingerprint density at radius 3 is 2.48 bits per heavy atom. The van der Waals surface area contributed by atoms with Crippen LogP contribution in [0.15, 0.2) is 29.2 Å². The molecule has 4 nitrogen and oxygen atoms in total. The van der Waals surface area contributed by atoms with E-state index < -0.39 is 10.0 Å². The van der Waals surface area contributed by atoms with Gasteiger partial charge in [0.2, 0.25) is 10.0 Å². The number of hydrogen-bond acceptors (Lipinski definition) is 3. The molecule has 1 heterocycles. The zero-order valence-corrected chi connectivity index (χ0v) is 13.8. The lowest BCUT2D eigenvalue weighted by molar-refractivity contribution is 0.315. The van der Waals surface area contributed by atoms with E-state index in [1.165, 1.54) is 0 Å². The average molecular weight is 310 g/mol. The maximum Gasteiger partial charge on any atom is 0.243 e. The Morgan fingerprint density at radius 1 is 1.24 bits per heavy atom. The van der Waals surface area contributed by atoms with Gasteiger partial charge in [-0.15, -0.1) is 0 Å². The molecule has 2 unspecified atom stereocenters. The first-order chi connectivity index (χ1) is 9.96. The van der Waals surface area contributed by atoms with Gasteiger partial charge >= 0.3 is 0 Å². The lowest BCUT2D eigenvalue weighted by Crippen LogP contribution is -2.39. The van der Waals surface area contributed by atoms with Crippen LogP contribution in [0.3, 0.4) is 0 Å². The topological polar surface area (TPSA) is 63.4 Å². The fraction of sp³-hybridized carbons (Fsp3) is 0.625. The van der Waals surface area contributed by atoms with Crippen molar-refractivity contribution in [3.8, 4) is 0 Å². The van der Waals surface area contributed by atoms with Gasteiger partial charge in [0.05, 0.1) is 4.90 Å². The van der Waals surface area contributed by atoms with Crippen LogP contribution in [0.5, 0.6) is 0 Å². The number of nitrogens with zero attached hydrogens (tertiary/aromatic N) is 1. The van der Waals surface area contributed by atoms with Gasteiger partial charge < -0.3 is 5.73 Å². The van der Waals surface area contributed by atoms with Gasteiger partial charge in [-0.3, -0.25) is 0 Å². The Labute approximate surface area is 128 Å². The Balaban J connectivity index is 2.30. The zero-order valence-electron chi connectivity index (χ0n) is 13.0. The van der Waals surface area contributed by atoms with E-state index in [1.807, 2.05) is 19.1 Å². The summed E-state index contributed by atoms with van der Waals surface area (Å²) in [5.41, 5.74) is 6.78. The van der Waals surface area contributed by atoms with Crippen molar-refractivity contribution in [2.45, 2.75) is 62.9 Å². The molecule has 118 valence electrons. The monoisotopic (exact) mass is 310 g/mol. The number of nitrogens with two attached hydrogens (primary N) is 1. The molecule has 2 atom stereocenters. The van der Waals surface area contributed by atoms with Crippen LogP contribution in [-0.2, 0) is 10.0 Å². The Bertz CT molecular complexity index is 552. The molecule has 0 spiro atoms. The van der Waals surface area contributed by atoms with E-state index in [4.69, 9.17) is 5.73 Å². The summed E-state index contributed by atoms with van der Waals surface area (Å²) in [7, 11) is -3.40. The van der Waals surface area contributed by atoms with E-state index >= 15 is 0 Å². The van der Waals surface area contributed by atoms with Gasteiger partial charge in [0.1, 0.15) is 0 Å². The normalized spacial score (nSPS) is 22.7. The van der Waals surface area contributed by atoms with Crippen molar-refractivity contribution >= 4 is 10.0 Å². The van der Waals surface area contributed by atoms with Gasteiger partial charge in [-0.1, -0.05) is 31.9 Å². The van der Waals surface area contributed by atoms with Crippen molar-refractivity contribution in [3.05, 3.63) is 29.8 Å². The third-order valence-electron chi connectivity index (χ3n) is 4.31. The minimum atomic E-state index is -3.40. The van der Waals surface area contributed by atoms with Crippen molar-refractivity contribution < 1.29 is 8.42 Å². The molecule has 21 heavy (non-hydrogen) atoms. The summed E-state index contributed by atoms with van der Waals surface area (Å²) in [5.74, 6) is 0. The predicted octanol–water partition coefficient (Wildman–Crippen LogP) is 3.05. The first-order valence-electron chi connectivity index (χ1n) is 7.84. The van der Waals surface area contributed by atoms with E-state index in [2.05, 4.69) is 6.92 Å². The Kier molecular flexibility index (Phi) is 5.41. The summed E-state index contributed by atoms with van der Waals surface area (Å²) >= 11 is 0. The van der Waals surface area contributed by atoms with E-state index in [0.717, 1.165) is 37.7 Å². The third-order valence-corrected chi connectivity index (χ3v) is 6.27. The highest BCUT2D eigenvalue weighted by molar-refractivity contribution is 7.89. The van der Waals surface area contributed by atoms with Gasteiger partial charge in [0, 0.05) is 18.6 Å². The highest BCUT2D eigenvalue weighted by Crippen LogP contribution is 2.27. The molecule has 1 aromatic rings. The second-order valence-corrected chi connectivity index (χ2v) is 7.78. The van der Waals surface area contributed by atoms with E-state index in [1.54, 1.807) is 16.4 Å². The second kappa shape index (κ2) is 6.90. The molecule has 0 saturated carbocycles. The lowest BCUT2D eigenvalue weighted by atomic mass is 10.1. The number of sulfonamides is 1. The van der Waals surface area contributed by atoms with Crippen LogP contribution in [0, 0.1) is 0 Å². The summed E-state index contributed by atoms with van der Waals surface area (Å²) in [5, 5.41) is 0. The molecule has 0 bridgehead atoms. The first kappa shape index (κ1) is 16.5. The molecular weight excluding hydrogens is 284 g/mol. The molecular formula is C16H26N2O2S. The zero-order chi connectivity index (χ0) is 15.5. The Hall–Kier alpha value is -0.910. The fourth-order valence-electron chi connectivity index (χ4n) is 2.95. The molecule has 2 rings (SSSR count). The SMILES string of the molecule is CCC1CCCCCN1S(=O)(=O)c1ccc(C(C)N)cc1. The molecule has 0 aromatic heterocycles. The van der Waals surface area contributed by atoms with Crippen molar-refractivity contribution in [1.29, 1.82) is 0 Å². The summed E-state index contributed by atoms with van der Waals surface area (Å²) in [6.45, 7) is 4.60. The largest absolute Gasteiger partial charge is 0.324 e. The minimum absolute atomic E-state index is 0.0802. The summed E-state index contributed by atoms with van der Waals surface area (Å²) < 4.78 is 27.5. The molecule has 0 amide bonds. The van der Waals surface area contributed by atoms with Crippen LogP contribution >= 0.6 is 0 Å². The van der Waals surface area contributed by atoms with Gasteiger partial charge in [-0.25, -0.2) is 8.42 Å². The van der Waals surface area contributed by atoms with Gasteiger partial charge in [-0.05, 0) is 43.9 Å². The smallest absolute Gasteiger partial charge is 0.243 e. The molecule has 0 aliphatic carbocycles. The highest BCUT2D eigenvalue weighted by Gasteiger charge is 2.31. The molecule has 1 fully saturated rings. The van der Waals surface area contributed by atoms with Crippen molar-refractivity contribution in [2.24, 2.45) is 5.73 Å². The van der Waals surface area contributed by atoms with Crippen LogP contribution < -0.4 is 5.73 Å². The van der Waals surface area contributed by atoms with Crippen LogP contribution in [0.4, 0.5) is 0 Å². The van der Waals surface area contributed by atoms with Crippen LogP contribution in [0.1, 0.15) is 57.6 Å². The number of benzene rings is 1. The van der Waals surface area contributed by atoms with Gasteiger partial charge in [0.25, 0.3) is 0 Å². The first-order valence-corrected chi connectivity index (χ1v) is 9.28. The van der Waals surface area contributed by atoms with Crippen molar-refractivity contribution in [1.82, 2.24) is 4.31 Å². The van der Waals surface area contributed by atoms with Crippen molar-refractivity contribution in [2.75, 3.05) is 6.54 Å². The molecule has 2 N–H and O–H groups in total. The second-order valence-electron chi connectivity index (χ2n) is 5.88. The molecule has 5 heteroatoms. The molecule has 1 aromatic carbocycles. The Morgan fingerprint density at radius 2 is 1.90 bits per heavy atom. The fourth-order valence-corrected chi connectivity index (χ4v) is 4.72. The number of rotatable bonds is 4. The molecule has 1 saturated heterocycles. The predicted molar refractivity (Wildman–Crippen MR) is 85.5 cm³/mol. The maximum atomic E-state index is 12.9. The van der Waals surface area contributed by atoms with Crippen LogP contribution in [0.2, 0.25) is 0 Å². The quantitative estimate of drug-likeness (QED) is 0.929. The van der Waals surface area contributed by atoms with E-state index in [0.29, 0.717) is 11.4 Å². The summed E-state index contributed by atoms with van der Waals surface area (Å²) in [6.07, 6.45) is 5.03. The molecule has 0 radical (unpaired) electrons. The summed E-state index contributed by atoms with van der Waals surface area (Å²) in [4.78, 5) is 0.382. The van der Waals surface area contributed by atoms with E-state index in [-0.39, 0.29) is 12.1 Å². The highest BCUT2D eigenvalue weighted by atomic mass is 32.2. The standard InChI is InChI=1S/C16H26N2O2S/c1-3-15-7-5-4-6-12-18(15)21(19,20)16-10-8-14(9-11-16)13(2)17/h8-11,13,15H,3-7,12,17H2,1-2H3. The van der Waals surface area contributed by atoms with Crippen LogP contribution in [0.25, 0.3) is 0 Å². The van der Waals surface area contributed by atoms with Crippen molar-refractivity contribution in [3.63, 3.8) is 0 Å². The molecule has 1 aliphatic heterocycles. The molecule has 1 aliphatic rings. The maximum absolute atomic E-state index is 12.9. The van der Waals surface area contributed by atoms with Gasteiger partial charge in [0.15, 0.2) is 0 Å². The average Bonchev–Trinajstić information content (AvgIpc) is 2.72. The van der Waals surface area contributed by atoms with Crippen LogP contribution in [-0.4, -0.2) is 25.3 Å².